The molecule has 1 saturated carbocycles. The average Bonchev–Trinajstić information content (AvgIpc) is 2.45. The summed E-state index contributed by atoms with van der Waals surface area (Å²) in [7, 11) is 0. The van der Waals surface area contributed by atoms with Gasteiger partial charge in [-0.2, -0.15) is 0 Å². The van der Waals surface area contributed by atoms with Crippen molar-refractivity contribution in [3.05, 3.63) is 0 Å². The summed E-state index contributed by atoms with van der Waals surface area (Å²) in [6, 6.07) is 0. The van der Waals surface area contributed by atoms with E-state index in [1.807, 2.05) is 0 Å². The van der Waals surface area contributed by atoms with Crippen LogP contribution in [0, 0.1) is 17.8 Å². The summed E-state index contributed by atoms with van der Waals surface area (Å²) in [6.07, 6.45) is 8.42. The standard InChI is InChI=1S/C19H34O4.Na/c1-14(2)16-12-11-15(3)13-17(16)23-19(22)10-8-6-4-5-7-9-18(20)21;/h14-17H,4-13H2,1-3H3,(H,20,21);/q;+1/p-1/t15-,16+,17-;/m1./s1. The summed E-state index contributed by atoms with van der Waals surface area (Å²) in [5.41, 5.74) is 0. The molecule has 5 heteroatoms. The topological polar surface area (TPSA) is 66.4 Å². The van der Waals surface area contributed by atoms with Crippen LogP contribution >= 0.6 is 0 Å². The molecule has 0 radical (unpaired) electrons. The molecule has 0 N–H and O–H groups in total. The number of carboxylic acids is 1. The first kappa shape index (κ1) is 23.9. The van der Waals surface area contributed by atoms with Crippen molar-refractivity contribution < 1.29 is 49.0 Å². The van der Waals surface area contributed by atoms with Crippen LogP contribution in [0.1, 0.15) is 85.0 Å². The molecule has 24 heavy (non-hydrogen) atoms. The maximum atomic E-state index is 12.1. The van der Waals surface area contributed by atoms with Gasteiger partial charge in [0.05, 0.1) is 0 Å². The molecule has 0 spiro atoms. The molecule has 1 fully saturated rings. The second-order valence-electron chi connectivity index (χ2n) is 7.49. The number of carboxylic acid groups (broad SMARTS) is 1. The van der Waals surface area contributed by atoms with Crippen molar-refractivity contribution in [3.63, 3.8) is 0 Å². The van der Waals surface area contributed by atoms with Gasteiger partial charge < -0.3 is 14.6 Å². The molecule has 4 nitrogen and oxygen atoms in total. The van der Waals surface area contributed by atoms with Crippen LogP contribution in [-0.4, -0.2) is 18.0 Å². The third kappa shape index (κ3) is 10.0. The van der Waals surface area contributed by atoms with Gasteiger partial charge in [-0.05, 0) is 49.9 Å². The number of carbonyl (C=O) groups is 2. The summed E-state index contributed by atoms with van der Waals surface area (Å²) in [6.45, 7) is 6.67. The third-order valence-electron chi connectivity index (χ3n) is 5.01. The fraction of sp³-hybridized carbons (Fsp3) is 0.895. The summed E-state index contributed by atoms with van der Waals surface area (Å²) < 4.78 is 5.77. The van der Waals surface area contributed by atoms with E-state index in [1.54, 1.807) is 0 Å². The van der Waals surface area contributed by atoms with Crippen LogP contribution in [0.4, 0.5) is 0 Å². The smallest absolute Gasteiger partial charge is 0.550 e. The Hall–Kier alpha value is -0.0600. The zero-order chi connectivity index (χ0) is 17.2. The Morgan fingerprint density at radius 2 is 1.62 bits per heavy atom. The molecule has 0 aliphatic heterocycles. The molecule has 0 bridgehead atoms. The molecule has 0 heterocycles. The van der Waals surface area contributed by atoms with E-state index in [0.29, 0.717) is 30.6 Å². The van der Waals surface area contributed by atoms with Crippen molar-refractivity contribution in [1.29, 1.82) is 0 Å². The molecule has 0 amide bonds. The molecule has 0 aromatic rings. The van der Waals surface area contributed by atoms with Crippen LogP contribution in [0.2, 0.25) is 0 Å². The van der Waals surface area contributed by atoms with E-state index in [1.165, 1.54) is 6.42 Å². The van der Waals surface area contributed by atoms with Gasteiger partial charge in [0, 0.05) is 12.4 Å². The number of hydrogen-bond donors (Lipinski definition) is 0. The Morgan fingerprint density at radius 1 is 1.04 bits per heavy atom. The van der Waals surface area contributed by atoms with E-state index in [2.05, 4.69) is 20.8 Å². The van der Waals surface area contributed by atoms with Crippen molar-refractivity contribution in [1.82, 2.24) is 0 Å². The predicted molar refractivity (Wildman–Crippen MR) is 88.5 cm³/mol. The van der Waals surface area contributed by atoms with Gasteiger partial charge in [-0.25, -0.2) is 0 Å². The Morgan fingerprint density at radius 3 is 2.21 bits per heavy atom. The second-order valence-corrected chi connectivity index (χ2v) is 7.49. The van der Waals surface area contributed by atoms with E-state index in [-0.39, 0.29) is 48.1 Å². The van der Waals surface area contributed by atoms with Crippen LogP contribution in [0.5, 0.6) is 0 Å². The first-order valence-corrected chi connectivity index (χ1v) is 9.29. The number of hydrogen-bond acceptors (Lipinski definition) is 4. The van der Waals surface area contributed by atoms with Gasteiger partial charge >= 0.3 is 35.5 Å². The first-order valence-electron chi connectivity index (χ1n) is 9.29. The average molecular weight is 348 g/mol. The second kappa shape index (κ2) is 13.2. The SMILES string of the molecule is CC(C)[C@@H]1CC[C@@H](C)C[C@H]1OC(=O)CCCCCCCC(=O)[O-].[Na+]. The molecule has 134 valence electrons. The zero-order valence-corrected chi connectivity index (χ0v) is 18.0. The van der Waals surface area contributed by atoms with Crippen molar-refractivity contribution in [2.45, 2.75) is 91.1 Å². The number of rotatable bonds is 10. The Labute approximate surface area is 169 Å². The van der Waals surface area contributed by atoms with Crippen molar-refractivity contribution >= 4 is 11.9 Å². The van der Waals surface area contributed by atoms with Crippen LogP contribution in [0.25, 0.3) is 0 Å². The van der Waals surface area contributed by atoms with E-state index >= 15 is 0 Å². The monoisotopic (exact) mass is 348 g/mol. The summed E-state index contributed by atoms with van der Waals surface area (Å²) in [5.74, 6) is 0.662. The molecule has 3 atom stereocenters. The van der Waals surface area contributed by atoms with E-state index in [9.17, 15) is 14.7 Å². The fourth-order valence-corrected chi connectivity index (χ4v) is 3.55. The third-order valence-corrected chi connectivity index (χ3v) is 5.01. The quantitative estimate of drug-likeness (QED) is 0.327. The fourth-order valence-electron chi connectivity index (χ4n) is 3.55. The Bertz CT molecular complexity index is 370. The minimum absolute atomic E-state index is 0. The summed E-state index contributed by atoms with van der Waals surface area (Å²) >= 11 is 0. The van der Waals surface area contributed by atoms with Gasteiger partial charge in [0.1, 0.15) is 6.10 Å². The van der Waals surface area contributed by atoms with Crippen molar-refractivity contribution in [2.24, 2.45) is 17.8 Å². The molecule has 0 aromatic carbocycles. The van der Waals surface area contributed by atoms with E-state index < -0.39 is 5.97 Å². The van der Waals surface area contributed by atoms with Crippen LogP contribution in [0.15, 0.2) is 0 Å². The maximum Gasteiger partial charge on any atom is 1.00 e. The maximum absolute atomic E-state index is 12.1. The molecule has 0 unspecified atom stereocenters. The number of ether oxygens (including phenoxy) is 1. The molecule has 0 saturated heterocycles. The van der Waals surface area contributed by atoms with Crippen LogP contribution < -0.4 is 34.7 Å². The number of esters is 1. The van der Waals surface area contributed by atoms with Crippen LogP contribution in [-0.2, 0) is 14.3 Å². The molecule has 1 aliphatic rings. The molecule has 1 aliphatic carbocycles. The molecular weight excluding hydrogens is 315 g/mol. The van der Waals surface area contributed by atoms with Crippen molar-refractivity contribution in [2.75, 3.05) is 0 Å². The number of unbranched alkanes of at least 4 members (excludes halogenated alkanes) is 4. The van der Waals surface area contributed by atoms with Crippen molar-refractivity contribution in [3.8, 4) is 0 Å². The number of carbonyl (C=O) groups excluding carboxylic acids is 2. The largest absolute Gasteiger partial charge is 1.00 e. The van der Waals surface area contributed by atoms with Gasteiger partial charge in [0.25, 0.3) is 0 Å². The number of aliphatic carboxylic acids is 1. The van der Waals surface area contributed by atoms with Gasteiger partial charge in [-0.3, -0.25) is 4.79 Å². The Balaban J connectivity index is 0.00000529. The van der Waals surface area contributed by atoms with E-state index in [4.69, 9.17) is 4.74 Å². The molecular formula is C19H33NaO4. The molecule has 0 aromatic heterocycles. The first-order chi connectivity index (χ1) is 10.9. The zero-order valence-electron chi connectivity index (χ0n) is 16.0. The summed E-state index contributed by atoms with van der Waals surface area (Å²) in [4.78, 5) is 22.3. The Kier molecular flexibility index (Phi) is 13.2. The normalized spacial score (nSPS) is 23.6. The van der Waals surface area contributed by atoms with Gasteiger partial charge in [-0.1, -0.05) is 46.5 Å². The van der Waals surface area contributed by atoms with Gasteiger partial charge in [0.15, 0.2) is 0 Å². The minimum atomic E-state index is -0.977. The van der Waals surface area contributed by atoms with Gasteiger partial charge in [0.2, 0.25) is 0 Å². The van der Waals surface area contributed by atoms with Crippen LogP contribution in [0.3, 0.4) is 0 Å². The summed E-state index contributed by atoms with van der Waals surface area (Å²) in [5, 5.41) is 10.3. The minimum Gasteiger partial charge on any atom is -0.550 e. The van der Waals surface area contributed by atoms with E-state index in [0.717, 1.165) is 38.5 Å². The molecule has 1 rings (SSSR count). The van der Waals surface area contributed by atoms with Gasteiger partial charge in [-0.15, -0.1) is 0 Å². The predicted octanol–water partition coefficient (Wildman–Crippen LogP) is 0.475.